The Balaban J connectivity index is 1.75. The van der Waals surface area contributed by atoms with Crippen molar-refractivity contribution < 1.29 is 4.79 Å². The first-order valence-electron chi connectivity index (χ1n) is 8.79. The van der Waals surface area contributed by atoms with Crippen molar-refractivity contribution >= 4 is 33.8 Å². The van der Waals surface area contributed by atoms with Gasteiger partial charge in [-0.1, -0.05) is 6.07 Å². The van der Waals surface area contributed by atoms with Gasteiger partial charge in [0, 0.05) is 45.1 Å². The number of nitrogens with one attached hydrogen (secondary N) is 3. The fourth-order valence-electron chi connectivity index (χ4n) is 3.25. The first-order valence-corrected chi connectivity index (χ1v) is 8.79. The molecule has 8 heteroatoms. The molecular weight excluding hydrogens is 342 g/mol. The SMILES string of the molecule is CNc1nc2[nH]c(-c3cccc(CCNC(C)=O)n3)cc2c2c1ncn2C. The molecule has 0 spiro atoms. The zero-order valence-electron chi connectivity index (χ0n) is 15.5. The Hall–Kier alpha value is -3.42. The fraction of sp³-hybridized carbons (Fsp3) is 0.263. The molecule has 4 aromatic rings. The highest BCUT2D eigenvalue weighted by atomic mass is 16.1. The molecule has 0 aliphatic rings. The van der Waals surface area contributed by atoms with Crippen LogP contribution in [0.15, 0.2) is 30.6 Å². The number of carbonyl (C=O) groups is 1. The minimum Gasteiger partial charge on any atom is -0.371 e. The van der Waals surface area contributed by atoms with E-state index in [1.54, 1.807) is 6.33 Å². The van der Waals surface area contributed by atoms with Crippen molar-refractivity contribution in [1.82, 2.24) is 29.8 Å². The van der Waals surface area contributed by atoms with Crippen LogP contribution in [-0.4, -0.2) is 44.0 Å². The smallest absolute Gasteiger partial charge is 0.216 e. The average molecular weight is 363 g/mol. The van der Waals surface area contributed by atoms with Crippen LogP contribution in [0.1, 0.15) is 12.6 Å². The van der Waals surface area contributed by atoms with Crippen LogP contribution in [0.5, 0.6) is 0 Å². The lowest BCUT2D eigenvalue weighted by molar-refractivity contribution is -0.118. The molecule has 0 saturated heterocycles. The van der Waals surface area contributed by atoms with E-state index in [0.717, 1.165) is 45.0 Å². The molecular formula is C19H21N7O. The van der Waals surface area contributed by atoms with Gasteiger partial charge in [0.05, 0.1) is 23.2 Å². The highest BCUT2D eigenvalue weighted by molar-refractivity contribution is 6.07. The predicted molar refractivity (Wildman–Crippen MR) is 106 cm³/mol. The summed E-state index contributed by atoms with van der Waals surface area (Å²) in [5, 5.41) is 6.91. The fourth-order valence-corrected chi connectivity index (χ4v) is 3.25. The Kier molecular flexibility index (Phi) is 4.23. The molecule has 0 aliphatic heterocycles. The molecule has 0 atom stereocenters. The molecule has 27 heavy (non-hydrogen) atoms. The van der Waals surface area contributed by atoms with Crippen molar-refractivity contribution in [2.75, 3.05) is 18.9 Å². The van der Waals surface area contributed by atoms with E-state index in [1.807, 2.05) is 36.9 Å². The topological polar surface area (TPSA) is 101 Å². The minimum atomic E-state index is -0.0339. The first kappa shape index (κ1) is 17.0. The van der Waals surface area contributed by atoms with Gasteiger partial charge in [0.1, 0.15) is 11.2 Å². The molecule has 4 heterocycles. The minimum absolute atomic E-state index is 0.0339. The van der Waals surface area contributed by atoms with E-state index in [-0.39, 0.29) is 5.91 Å². The number of H-pyrrole nitrogens is 1. The molecule has 0 fully saturated rings. The quantitative estimate of drug-likeness (QED) is 0.505. The second-order valence-corrected chi connectivity index (χ2v) is 6.46. The van der Waals surface area contributed by atoms with E-state index in [4.69, 9.17) is 4.98 Å². The maximum absolute atomic E-state index is 11.0. The van der Waals surface area contributed by atoms with Crippen molar-refractivity contribution in [3.63, 3.8) is 0 Å². The van der Waals surface area contributed by atoms with Crippen LogP contribution in [0, 0.1) is 0 Å². The Morgan fingerprint density at radius 2 is 2.15 bits per heavy atom. The van der Waals surface area contributed by atoms with E-state index in [0.29, 0.717) is 13.0 Å². The number of pyridine rings is 2. The molecule has 0 radical (unpaired) electrons. The van der Waals surface area contributed by atoms with Crippen LogP contribution >= 0.6 is 0 Å². The van der Waals surface area contributed by atoms with Gasteiger partial charge in [0.15, 0.2) is 5.82 Å². The lowest BCUT2D eigenvalue weighted by Crippen LogP contribution is -2.22. The average Bonchev–Trinajstić information content (AvgIpc) is 3.24. The number of aromatic amines is 1. The lowest BCUT2D eigenvalue weighted by Gasteiger charge is -2.04. The highest BCUT2D eigenvalue weighted by Crippen LogP contribution is 2.31. The monoisotopic (exact) mass is 363 g/mol. The molecule has 4 aromatic heterocycles. The predicted octanol–water partition coefficient (Wildman–Crippen LogP) is 2.23. The second kappa shape index (κ2) is 6.71. The summed E-state index contributed by atoms with van der Waals surface area (Å²) in [5.41, 5.74) is 5.32. The van der Waals surface area contributed by atoms with Crippen LogP contribution in [-0.2, 0) is 18.3 Å². The van der Waals surface area contributed by atoms with Gasteiger partial charge in [-0.2, -0.15) is 0 Å². The number of carbonyl (C=O) groups excluding carboxylic acids is 1. The van der Waals surface area contributed by atoms with Crippen molar-refractivity contribution in [2.45, 2.75) is 13.3 Å². The number of hydrogen-bond acceptors (Lipinski definition) is 5. The Morgan fingerprint density at radius 1 is 1.30 bits per heavy atom. The zero-order valence-corrected chi connectivity index (χ0v) is 15.5. The van der Waals surface area contributed by atoms with E-state index in [9.17, 15) is 4.79 Å². The van der Waals surface area contributed by atoms with Gasteiger partial charge in [-0.05, 0) is 18.2 Å². The number of aromatic nitrogens is 5. The standard InChI is InChI=1S/C19H21N7O/c1-11(27)21-8-7-12-5-4-6-14(23-12)15-9-13-17-16(22-10-26(17)3)19(20-2)25-18(13)24-15/h4-6,9-10H,7-8H2,1-3H3,(H,21,27)(H2,20,24,25). The number of nitrogens with zero attached hydrogens (tertiary/aromatic N) is 4. The second-order valence-electron chi connectivity index (χ2n) is 6.46. The van der Waals surface area contributed by atoms with Crippen molar-refractivity contribution in [3.05, 3.63) is 36.3 Å². The number of fused-ring (bicyclic) bond motifs is 3. The third kappa shape index (κ3) is 3.10. The Morgan fingerprint density at radius 3 is 2.93 bits per heavy atom. The number of aryl methyl sites for hydroxylation is 1. The number of imidazole rings is 1. The normalized spacial score (nSPS) is 11.2. The van der Waals surface area contributed by atoms with Gasteiger partial charge >= 0.3 is 0 Å². The molecule has 0 aliphatic carbocycles. The van der Waals surface area contributed by atoms with E-state index in [1.165, 1.54) is 6.92 Å². The molecule has 0 unspecified atom stereocenters. The summed E-state index contributed by atoms with van der Waals surface area (Å²) in [5.74, 6) is 0.705. The molecule has 3 N–H and O–H groups in total. The molecule has 4 rings (SSSR count). The molecule has 0 bridgehead atoms. The van der Waals surface area contributed by atoms with Crippen LogP contribution in [0.25, 0.3) is 33.5 Å². The number of anilines is 1. The van der Waals surface area contributed by atoms with E-state index in [2.05, 4.69) is 31.7 Å². The number of amides is 1. The maximum atomic E-state index is 11.0. The van der Waals surface area contributed by atoms with Gasteiger partial charge in [0.25, 0.3) is 0 Å². The Labute approximate surface area is 156 Å². The van der Waals surface area contributed by atoms with Crippen LogP contribution in [0.4, 0.5) is 5.82 Å². The van der Waals surface area contributed by atoms with Gasteiger partial charge in [-0.25, -0.2) is 9.97 Å². The highest BCUT2D eigenvalue weighted by Gasteiger charge is 2.15. The number of hydrogen-bond donors (Lipinski definition) is 3. The van der Waals surface area contributed by atoms with Gasteiger partial charge in [0.2, 0.25) is 5.91 Å². The largest absolute Gasteiger partial charge is 0.371 e. The zero-order chi connectivity index (χ0) is 19.0. The summed E-state index contributed by atoms with van der Waals surface area (Å²) in [6, 6.07) is 7.96. The molecule has 8 nitrogen and oxygen atoms in total. The van der Waals surface area contributed by atoms with E-state index >= 15 is 0 Å². The third-order valence-electron chi connectivity index (χ3n) is 4.51. The van der Waals surface area contributed by atoms with E-state index < -0.39 is 0 Å². The molecule has 1 amide bonds. The van der Waals surface area contributed by atoms with Crippen LogP contribution in [0.3, 0.4) is 0 Å². The number of rotatable bonds is 5. The Bertz CT molecular complexity index is 1140. The first-order chi connectivity index (χ1) is 13.1. The van der Waals surface area contributed by atoms with Gasteiger partial charge in [-0.15, -0.1) is 0 Å². The van der Waals surface area contributed by atoms with Crippen LogP contribution < -0.4 is 10.6 Å². The summed E-state index contributed by atoms with van der Waals surface area (Å²) in [7, 11) is 3.81. The summed E-state index contributed by atoms with van der Waals surface area (Å²) >= 11 is 0. The third-order valence-corrected chi connectivity index (χ3v) is 4.51. The lowest BCUT2D eigenvalue weighted by atomic mass is 10.2. The molecule has 0 saturated carbocycles. The summed E-state index contributed by atoms with van der Waals surface area (Å²) in [6.07, 6.45) is 2.47. The van der Waals surface area contributed by atoms with Crippen molar-refractivity contribution in [1.29, 1.82) is 0 Å². The summed E-state index contributed by atoms with van der Waals surface area (Å²) in [4.78, 5) is 28.2. The van der Waals surface area contributed by atoms with Gasteiger partial charge in [-0.3, -0.25) is 9.78 Å². The molecule has 0 aromatic carbocycles. The van der Waals surface area contributed by atoms with Crippen molar-refractivity contribution in [3.8, 4) is 11.4 Å². The van der Waals surface area contributed by atoms with Crippen molar-refractivity contribution in [2.24, 2.45) is 7.05 Å². The van der Waals surface area contributed by atoms with Gasteiger partial charge < -0.3 is 20.2 Å². The van der Waals surface area contributed by atoms with Crippen LogP contribution in [0.2, 0.25) is 0 Å². The summed E-state index contributed by atoms with van der Waals surface area (Å²) < 4.78 is 2.00. The molecule has 138 valence electrons. The maximum Gasteiger partial charge on any atom is 0.216 e. The summed E-state index contributed by atoms with van der Waals surface area (Å²) in [6.45, 7) is 2.08.